The Bertz CT molecular complexity index is 511. The lowest BCUT2D eigenvalue weighted by Crippen LogP contribution is -2.09. The monoisotopic (exact) mass is 535 g/mol. The molecule has 0 atom stereocenters. The van der Waals surface area contributed by atoms with Gasteiger partial charge >= 0.3 is 6.16 Å². The average Bonchev–Trinajstić information content (AvgIpc) is 2.92. The molecule has 0 spiro atoms. The fourth-order valence-corrected chi connectivity index (χ4v) is 4.70. The van der Waals surface area contributed by atoms with E-state index in [2.05, 4.69) is 38.2 Å². The Labute approximate surface area is 238 Å². The molecule has 0 unspecified atom stereocenters. The molecule has 0 saturated carbocycles. The van der Waals surface area contributed by atoms with Crippen LogP contribution in [0.4, 0.5) is 4.79 Å². The van der Waals surface area contributed by atoms with Gasteiger partial charge in [-0.2, -0.15) is 0 Å². The molecule has 0 aromatic heterocycles. The van der Waals surface area contributed by atoms with Crippen molar-refractivity contribution >= 4 is 6.16 Å². The fourth-order valence-electron chi connectivity index (χ4n) is 4.70. The molecular formula is C35H66O3. The van der Waals surface area contributed by atoms with Crippen LogP contribution in [-0.4, -0.2) is 19.4 Å². The minimum absolute atomic E-state index is 0.487. The molecular weight excluding hydrogens is 468 g/mol. The molecule has 0 rings (SSSR count). The third-order valence-corrected chi connectivity index (χ3v) is 7.25. The SMILES string of the molecule is CCCCCCC=CCCCCCCCCOC(=O)OCCCCCCCCC=CCCCCCCCC. The van der Waals surface area contributed by atoms with Crippen molar-refractivity contribution in [2.45, 2.75) is 181 Å². The molecule has 0 aliphatic rings. The second kappa shape index (κ2) is 33.8. The van der Waals surface area contributed by atoms with Gasteiger partial charge < -0.3 is 9.47 Å². The summed E-state index contributed by atoms with van der Waals surface area (Å²) in [6.45, 7) is 5.52. The first-order chi connectivity index (χ1) is 18.8. The highest BCUT2D eigenvalue weighted by atomic mass is 16.7. The number of ether oxygens (including phenoxy) is 2. The molecule has 0 heterocycles. The summed E-state index contributed by atoms with van der Waals surface area (Å²) in [4.78, 5) is 11.7. The Kier molecular flexibility index (Phi) is 32.7. The maximum absolute atomic E-state index is 11.7. The van der Waals surface area contributed by atoms with Gasteiger partial charge in [0.2, 0.25) is 0 Å². The molecule has 0 aromatic rings. The molecule has 0 saturated heterocycles. The molecule has 0 aliphatic heterocycles. The van der Waals surface area contributed by atoms with Gasteiger partial charge in [-0.3, -0.25) is 0 Å². The Morgan fingerprint density at radius 2 is 0.658 bits per heavy atom. The van der Waals surface area contributed by atoms with Gasteiger partial charge in [-0.25, -0.2) is 4.79 Å². The lowest BCUT2D eigenvalue weighted by Gasteiger charge is -2.06. The number of carbonyl (C=O) groups excluding carboxylic acids is 1. The predicted octanol–water partition coefficient (Wildman–Crippen LogP) is 12.4. The third kappa shape index (κ3) is 32.8. The first-order valence-corrected chi connectivity index (χ1v) is 16.9. The van der Waals surface area contributed by atoms with E-state index in [4.69, 9.17) is 9.47 Å². The van der Waals surface area contributed by atoms with E-state index in [-0.39, 0.29) is 0 Å². The van der Waals surface area contributed by atoms with Crippen LogP contribution < -0.4 is 0 Å². The lowest BCUT2D eigenvalue weighted by molar-refractivity contribution is 0.0529. The zero-order valence-electron chi connectivity index (χ0n) is 25.8. The van der Waals surface area contributed by atoms with Crippen molar-refractivity contribution in [3.63, 3.8) is 0 Å². The third-order valence-electron chi connectivity index (χ3n) is 7.25. The zero-order chi connectivity index (χ0) is 27.6. The van der Waals surface area contributed by atoms with Crippen LogP contribution in [0.3, 0.4) is 0 Å². The number of allylic oxidation sites excluding steroid dienone is 4. The molecule has 38 heavy (non-hydrogen) atoms. The highest BCUT2D eigenvalue weighted by Crippen LogP contribution is 2.11. The standard InChI is InChI=1S/C35H66O3/c1-3-5-7-9-11-13-15-17-19-20-22-24-26-28-30-32-34-38-35(36)37-33-31-29-27-25-23-21-18-16-14-12-10-8-6-4-2/h14,16-17,19H,3-13,15,18,20-34H2,1-2H3. The first kappa shape index (κ1) is 36.8. The van der Waals surface area contributed by atoms with Gasteiger partial charge in [0.25, 0.3) is 0 Å². The summed E-state index contributed by atoms with van der Waals surface area (Å²) in [5.74, 6) is 0. The highest BCUT2D eigenvalue weighted by Gasteiger charge is 2.03. The molecule has 0 amide bonds. The van der Waals surface area contributed by atoms with E-state index >= 15 is 0 Å². The van der Waals surface area contributed by atoms with Gasteiger partial charge in [0.15, 0.2) is 0 Å². The molecule has 0 aromatic carbocycles. The molecule has 0 fully saturated rings. The van der Waals surface area contributed by atoms with Gasteiger partial charge in [-0.1, -0.05) is 141 Å². The smallest absolute Gasteiger partial charge is 0.434 e. The summed E-state index contributed by atoms with van der Waals surface area (Å²) in [6.07, 6.45) is 42.1. The minimum Gasteiger partial charge on any atom is -0.434 e. The van der Waals surface area contributed by atoms with E-state index in [1.165, 1.54) is 141 Å². The topological polar surface area (TPSA) is 35.5 Å². The summed E-state index contributed by atoms with van der Waals surface area (Å²) >= 11 is 0. The van der Waals surface area contributed by atoms with Gasteiger partial charge in [-0.05, 0) is 64.2 Å². The van der Waals surface area contributed by atoms with Crippen molar-refractivity contribution in [3.8, 4) is 0 Å². The van der Waals surface area contributed by atoms with Crippen LogP contribution in [0.15, 0.2) is 24.3 Å². The van der Waals surface area contributed by atoms with Crippen LogP contribution in [0.5, 0.6) is 0 Å². The van der Waals surface area contributed by atoms with Crippen LogP contribution in [0.2, 0.25) is 0 Å². The molecule has 3 heteroatoms. The molecule has 0 N–H and O–H groups in total. The van der Waals surface area contributed by atoms with Crippen LogP contribution in [0.1, 0.15) is 181 Å². The number of hydrogen-bond donors (Lipinski definition) is 0. The number of unbranched alkanes of at least 4 members (excludes halogenated alkanes) is 22. The molecule has 3 nitrogen and oxygen atoms in total. The molecule has 224 valence electrons. The maximum Gasteiger partial charge on any atom is 0.508 e. The number of carbonyl (C=O) groups is 1. The summed E-state index contributed by atoms with van der Waals surface area (Å²) in [5.41, 5.74) is 0. The minimum atomic E-state index is -0.487. The van der Waals surface area contributed by atoms with E-state index in [0.29, 0.717) is 13.2 Å². The Balaban J connectivity index is 3.22. The molecule has 0 radical (unpaired) electrons. The molecule has 0 aliphatic carbocycles. The van der Waals surface area contributed by atoms with Crippen LogP contribution in [0.25, 0.3) is 0 Å². The van der Waals surface area contributed by atoms with E-state index < -0.39 is 6.16 Å². The van der Waals surface area contributed by atoms with Gasteiger partial charge in [0.05, 0.1) is 13.2 Å². The summed E-state index contributed by atoms with van der Waals surface area (Å²) in [7, 11) is 0. The largest absolute Gasteiger partial charge is 0.508 e. The van der Waals surface area contributed by atoms with Crippen molar-refractivity contribution in [3.05, 3.63) is 24.3 Å². The number of rotatable bonds is 30. The van der Waals surface area contributed by atoms with Crippen LogP contribution in [0, 0.1) is 0 Å². The van der Waals surface area contributed by atoms with Gasteiger partial charge in [0, 0.05) is 0 Å². The quantitative estimate of drug-likeness (QED) is 0.0522. The normalized spacial score (nSPS) is 11.6. The van der Waals surface area contributed by atoms with Crippen molar-refractivity contribution in [2.24, 2.45) is 0 Å². The van der Waals surface area contributed by atoms with E-state index in [0.717, 1.165) is 25.7 Å². The molecule has 0 bridgehead atoms. The predicted molar refractivity (Wildman–Crippen MR) is 167 cm³/mol. The van der Waals surface area contributed by atoms with Crippen molar-refractivity contribution in [1.82, 2.24) is 0 Å². The van der Waals surface area contributed by atoms with E-state index in [1.54, 1.807) is 0 Å². The average molecular weight is 535 g/mol. The second-order valence-electron chi connectivity index (χ2n) is 11.1. The summed E-state index contributed by atoms with van der Waals surface area (Å²) in [6, 6.07) is 0. The second-order valence-corrected chi connectivity index (χ2v) is 11.1. The van der Waals surface area contributed by atoms with E-state index in [1.807, 2.05) is 0 Å². The van der Waals surface area contributed by atoms with Crippen molar-refractivity contribution < 1.29 is 14.3 Å². The lowest BCUT2D eigenvalue weighted by atomic mass is 10.1. The highest BCUT2D eigenvalue weighted by molar-refractivity contribution is 5.59. The van der Waals surface area contributed by atoms with Gasteiger partial charge in [-0.15, -0.1) is 0 Å². The Morgan fingerprint density at radius 1 is 0.395 bits per heavy atom. The first-order valence-electron chi connectivity index (χ1n) is 16.9. The zero-order valence-corrected chi connectivity index (χ0v) is 25.8. The summed E-state index contributed by atoms with van der Waals surface area (Å²) in [5, 5.41) is 0. The van der Waals surface area contributed by atoms with Gasteiger partial charge in [0.1, 0.15) is 0 Å². The van der Waals surface area contributed by atoms with E-state index in [9.17, 15) is 4.79 Å². The summed E-state index contributed by atoms with van der Waals surface area (Å²) < 4.78 is 10.4. The maximum atomic E-state index is 11.7. The van der Waals surface area contributed by atoms with Crippen LogP contribution >= 0.6 is 0 Å². The Hall–Kier alpha value is -1.25. The van der Waals surface area contributed by atoms with Crippen LogP contribution in [-0.2, 0) is 9.47 Å². The van der Waals surface area contributed by atoms with Crippen molar-refractivity contribution in [2.75, 3.05) is 13.2 Å². The fraction of sp³-hybridized carbons (Fsp3) is 0.857. The number of hydrogen-bond acceptors (Lipinski definition) is 3. The Morgan fingerprint density at radius 3 is 1.00 bits per heavy atom. The van der Waals surface area contributed by atoms with Crippen molar-refractivity contribution in [1.29, 1.82) is 0 Å².